The summed E-state index contributed by atoms with van der Waals surface area (Å²) in [7, 11) is 0. The molecule has 0 spiro atoms. The van der Waals surface area contributed by atoms with E-state index in [2.05, 4.69) is 20.5 Å². The molecule has 5 rings (SSSR count). The number of piperazine rings is 1. The first-order chi connectivity index (χ1) is 12.3. The van der Waals surface area contributed by atoms with Crippen molar-refractivity contribution in [1.82, 2.24) is 25.2 Å². The van der Waals surface area contributed by atoms with Crippen molar-refractivity contribution < 1.29 is 4.79 Å². The van der Waals surface area contributed by atoms with Crippen molar-refractivity contribution in [2.75, 3.05) is 18.0 Å². The van der Waals surface area contributed by atoms with Gasteiger partial charge in [-0.1, -0.05) is 12.8 Å². The van der Waals surface area contributed by atoms with Gasteiger partial charge in [-0.3, -0.25) is 4.79 Å². The van der Waals surface area contributed by atoms with Gasteiger partial charge in [-0.15, -0.1) is 5.10 Å². The molecular weight excluding hydrogens is 316 g/mol. The van der Waals surface area contributed by atoms with Crippen LogP contribution in [0.5, 0.6) is 0 Å². The third kappa shape index (κ3) is 2.66. The monoisotopic (exact) mass is 340 g/mol. The first-order valence-electron chi connectivity index (χ1n) is 9.43. The van der Waals surface area contributed by atoms with E-state index >= 15 is 0 Å². The number of fused-ring (bicyclic) bond motifs is 3. The minimum Gasteiger partial charge on any atom is -0.349 e. The van der Waals surface area contributed by atoms with E-state index in [4.69, 9.17) is 5.10 Å². The van der Waals surface area contributed by atoms with Gasteiger partial charge in [0.15, 0.2) is 11.5 Å². The second-order valence-corrected chi connectivity index (χ2v) is 7.55. The highest BCUT2D eigenvalue weighted by atomic mass is 16.1. The fraction of sp³-hybridized carbons (Fsp3) is 0.611. The van der Waals surface area contributed by atoms with Gasteiger partial charge in [-0.25, -0.2) is 9.50 Å². The standard InChI is InChI=1S/C18H24N6O/c25-18(21-13-3-1-2-4-13)12-8-20-16-7-17(22-23(16)11-12)24-14-5-6-15(24)10-19-9-14/h7-8,11,13-15,19H,1-6,9-10H2,(H,21,25). The fourth-order valence-corrected chi connectivity index (χ4v) is 4.60. The van der Waals surface area contributed by atoms with Crippen LogP contribution in [0.15, 0.2) is 18.5 Å². The Morgan fingerprint density at radius 1 is 1.16 bits per heavy atom. The van der Waals surface area contributed by atoms with Crippen LogP contribution in [0.4, 0.5) is 5.82 Å². The molecule has 3 fully saturated rings. The lowest BCUT2D eigenvalue weighted by molar-refractivity contribution is 0.0937. The van der Waals surface area contributed by atoms with Crippen LogP contribution in [0.25, 0.3) is 5.65 Å². The molecule has 25 heavy (non-hydrogen) atoms. The maximum Gasteiger partial charge on any atom is 0.254 e. The molecule has 2 unspecified atom stereocenters. The van der Waals surface area contributed by atoms with Crippen molar-refractivity contribution in [3.8, 4) is 0 Å². The molecule has 2 N–H and O–H groups in total. The van der Waals surface area contributed by atoms with Crippen molar-refractivity contribution in [3.63, 3.8) is 0 Å². The van der Waals surface area contributed by atoms with Crippen LogP contribution >= 0.6 is 0 Å². The second-order valence-electron chi connectivity index (χ2n) is 7.55. The zero-order valence-corrected chi connectivity index (χ0v) is 14.3. The summed E-state index contributed by atoms with van der Waals surface area (Å²) in [4.78, 5) is 19.4. The van der Waals surface area contributed by atoms with E-state index in [0.717, 1.165) is 37.4 Å². The number of carbonyl (C=O) groups excluding carboxylic acids is 1. The van der Waals surface area contributed by atoms with E-state index < -0.39 is 0 Å². The van der Waals surface area contributed by atoms with Gasteiger partial charge in [0.1, 0.15) is 0 Å². The van der Waals surface area contributed by atoms with Crippen molar-refractivity contribution in [2.45, 2.75) is 56.7 Å². The van der Waals surface area contributed by atoms with Crippen molar-refractivity contribution in [1.29, 1.82) is 0 Å². The van der Waals surface area contributed by atoms with Crippen LogP contribution in [-0.2, 0) is 0 Å². The van der Waals surface area contributed by atoms with Gasteiger partial charge in [-0.05, 0) is 25.7 Å². The van der Waals surface area contributed by atoms with Crippen molar-refractivity contribution in [2.24, 2.45) is 0 Å². The minimum atomic E-state index is -0.0411. The smallest absolute Gasteiger partial charge is 0.254 e. The summed E-state index contributed by atoms with van der Waals surface area (Å²) in [6.45, 7) is 2.04. The summed E-state index contributed by atoms with van der Waals surface area (Å²) >= 11 is 0. The molecular formula is C18H24N6O. The Labute approximate surface area is 146 Å². The van der Waals surface area contributed by atoms with Crippen molar-refractivity contribution in [3.05, 3.63) is 24.0 Å². The van der Waals surface area contributed by atoms with E-state index in [-0.39, 0.29) is 5.91 Å². The molecule has 2 aliphatic heterocycles. The maximum atomic E-state index is 12.5. The predicted molar refractivity (Wildman–Crippen MR) is 94.9 cm³/mol. The number of nitrogens with zero attached hydrogens (tertiary/aromatic N) is 4. The van der Waals surface area contributed by atoms with E-state index in [1.54, 1.807) is 16.9 Å². The number of anilines is 1. The van der Waals surface area contributed by atoms with Gasteiger partial charge in [-0.2, -0.15) is 0 Å². The highest BCUT2D eigenvalue weighted by molar-refractivity contribution is 5.94. The number of nitrogens with one attached hydrogen (secondary N) is 2. The number of hydrogen-bond donors (Lipinski definition) is 2. The van der Waals surface area contributed by atoms with Gasteiger partial charge in [0.05, 0.1) is 5.56 Å². The van der Waals surface area contributed by atoms with Crippen molar-refractivity contribution >= 4 is 17.4 Å². The molecule has 0 aromatic carbocycles. The summed E-state index contributed by atoms with van der Waals surface area (Å²) < 4.78 is 1.75. The molecule has 2 aromatic rings. The molecule has 2 atom stereocenters. The van der Waals surface area contributed by atoms with Gasteiger partial charge < -0.3 is 15.5 Å². The fourth-order valence-electron chi connectivity index (χ4n) is 4.60. The maximum absolute atomic E-state index is 12.5. The van der Waals surface area contributed by atoms with Crippen LogP contribution in [0.1, 0.15) is 48.9 Å². The normalized spacial score (nSPS) is 26.5. The first-order valence-corrected chi connectivity index (χ1v) is 9.43. The van der Waals surface area contributed by atoms with Gasteiger partial charge >= 0.3 is 0 Å². The molecule has 7 heteroatoms. The summed E-state index contributed by atoms with van der Waals surface area (Å²) in [6.07, 6.45) is 10.5. The topological polar surface area (TPSA) is 74.6 Å². The zero-order chi connectivity index (χ0) is 16.8. The molecule has 132 valence electrons. The lowest BCUT2D eigenvalue weighted by Crippen LogP contribution is -2.52. The quantitative estimate of drug-likeness (QED) is 0.882. The van der Waals surface area contributed by atoms with Crippen LogP contribution in [-0.4, -0.2) is 51.7 Å². The Morgan fingerprint density at radius 3 is 2.68 bits per heavy atom. The van der Waals surface area contributed by atoms with Crippen LogP contribution in [0.2, 0.25) is 0 Å². The molecule has 2 saturated heterocycles. The van der Waals surface area contributed by atoms with Gasteiger partial charge in [0, 0.05) is 49.7 Å². The molecule has 1 aliphatic carbocycles. The third-order valence-electron chi connectivity index (χ3n) is 5.90. The Bertz CT molecular complexity index is 780. The average Bonchev–Trinajstić information content (AvgIpc) is 3.32. The van der Waals surface area contributed by atoms with Crippen LogP contribution in [0.3, 0.4) is 0 Å². The molecule has 1 saturated carbocycles. The highest BCUT2D eigenvalue weighted by Crippen LogP contribution is 2.31. The molecule has 7 nitrogen and oxygen atoms in total. The number of aromatic nitrogens is 3. The molecule has 2 bridgehead atoms. The highest BCUT2D eigenvalue weighted by Gasteiger charge is 2.37. The average molecular weight is 340 g/mol. The predicted octanol–water partition coefficient (Wildman–Crippen LogP) is 1.34. The zero-order valence-electron chi connectivity index (χ0n) is 14.3. The Balaban J connectivity index is 1.40. The van der Waals surface area contributed by atoms with E-state index in [1.807, 2.05) is 6.07 Å². The van der Waals surface area contributed by atoms with Gasteiger partial charge in [0.25, 0.3) is 5.91 Å². The second kappa shape index (κ2) is 5.98. The van der Waals surface area contributed by atoms with E-state index in [0.29, 0.717) is 23.7 Å². The van der Waals surface area contributed by atoms with E-state index in [1.165, 1.54) is 25.7 Å². The lowest BCUT2D eigenvalue weighted by atomic mass is 10.2. The number of amides is 1. The summed E-state index contributed by atoms with van der Waals surface area (Å²) in [5.74, 6) is 0.940. The Kier molecular flexibility index (Phi) is 3.62. The molecule has 2 aromatic heterocycles. The number of carbonyl (C=O) groups is 1. The summed E-state index contributed by atoms with van der Waals surface area (Å²) in [6, 6.07) is 3.39. The SMILES string of the molecule is O=C(NC1CCCC1)c1cnc2cc(N3C4CCC3CNC4)nn2c1. The third-order valence-corrected chi connectivity index (χ3v) is 5.90. The Morgan fingerprint density at radius 2 is 1.92 bits per heavy atom. The molecule has 0 radical (unpaired) electrons. The molecule has 4 heterocycles. The number of hydrogen-bond acceptors (Lipinski definition) is 5. The minimum absolute atomic E-state index is 0.0411. The summed E-state index contributed by atoms with van der Waals surface area (Å²) in [5, 5.41) is 11.3. The van der Waals surface area contributed by atoms with E-state index in [9.17, 15) is 4.79 Å². The largest absolute Gasteiger partial charge is 0.349 e. The first kappa shape index (κ1) is 15.1. The lowest BCUT2D eigenvalue weighted by Gasteiger charge is -2.35. The molecule has 3 aliphatic rings. The van der Waals surface area contributed by atoms with Crippen LogP contribution < -0.4 is 15.5 Å². The van der Waals surface area contributed by atoms with Gasteiger partial charge in [0.2, 0.25) is 0 Å². The summed E-state index contributed by atoms with van der Waals surface area (Å²) in [5.41, 5.74) is 1.38. The molecule has 1 amide bonds. The van der Waals surface area contributed by atoms with Crippen LogP contribution in [0, 0.1) is 0 Å². The Hall–Kier alpha value is -2.15. The number of rotatable bonds is 3.